The number of aromatic amines is 1. The second kappa shape index (κ2) is 7.23. The first-order chi connectivity index (χ1) is 11.6. The minimum absolute atomic E-state index is 0.0667. The number of rotatable bonds is 4. The normalized spacial score (nSPS) is 19.2. The highest BCUT2D eigenvalue weighted by Gasteiger charge is 2.28. The Balaban J connectivity index is 1.71. The molecule has 2 heterocycles. The van der Waals surface area contributed by atoms with Gasteiger partial charge in [0.2, 0.25) is 0 Å². The topological polar surface area (TPSA) is 88.2 Å². The van der Waals surface area contributed by atoms with E-state index in [1.54, 1.807) is 35.4 Å². The molecule has 1 aliphatic heterocycles. The smallest absolute Gasteiger partial charge is 0.254 e. The van der Waals surface area contributed by atoms with Crippen molar-refractivity contribution in [1.29, 1.82) is 0 Å². The molecule has 1 saturated heterocycles. The van der Waals surface area contributed by atoms with Gasteiger partial charge in [-0.25, -0.2) is 4.98 Å². The predicted octanol–water partition coefficient (Wildman–Crippen LogP) is 1.32. The Hall–Kier alpha value is -2.06. The van der Waals surface area contributed by atoms with E-state index < -0.39 is 10.8 Å². The number of hydrogen-bond acceptors (Lipinski definition) is 5. The molecule has 0 radical (unpaired) electrons. The summed E-state index contributed by atoms with van der Waals surface area (Å²) in [5.41, 5.74) is 0.578. The second-order valence-corrected chi connectivity index (χ2v) is 6.96. The van der Waals surface area contributed by atoms with E-state index in [0.29, 0.717) is 36.0 Å². The average molecular weight is 348 g/mol. The molecule has 1 aliphatic rings. The summed E-state index contributed by atoms with van der Waals surface area (Å²) >= 11 is 0. The van der Waals surface area contributed by atoms with E-state index in [4.69, 9.17) is 4.74 Å². The third-order valence-electron chi connectivity index (χ3n) is 3.96. The van der Waals surface area contributed by atoms with Crippen molar-refractivity contribution in [3.05, 3.63) is 41.5 Å². The summed E-state index contributed by atoms with van der Waals surface area (Å²) in [6, 6.07) is 6.88. The van der Waals surface area contributed by atoms with Crippen LogP contribution >= 0.6 is 0 Å². The number of H-pyrrole nitrogens is 1. The van der Waals surface area contributed by atoms with Crippen LogP contribution in [0.25, 0.3) is 0 Å². The van der Waals surface area contributed by atoms with Gasteiger partial charge < -0.3 is 9.64 Å². The zero-order valence-electron chi connectivity index (χ0n) is 13.7. The molecule has 0 unspecified atom stereocenters. The fraction of sp³-hybridized carbons (Fsp3) is 0.438. The van der Waals surface area contributed by atoms with Gasteiger partial charge in [-0.3, -0.25) is 14.1 Å². The molecule has 1 aromatic heterocycles. The summed E-state index contributed by atoms with van der Waals surface area (Å²) in [7, 11) is -1.05. The van der Waals surface area contributed by atoms with E-state index in [1.807, 2.05) is 6.92 Å². The van der Waals surface area contributed by atoms with Crippen LogP contribution in [0.2, 0.25) is 0 Å². The zero-order valence-corrected chi connectivity index (χ0v) is 14.5. The summed E-state index contributed by atoms with van der Waals surface area (Å²) in [6.45, 7) is 3.39. The molecule has 24 heavy (non-hydrogen) atoms. The van der Waals surface area contributed by atoms with Crippen molar-refractivity contribution in [1.82, 2.24) is 20.1 Å². The summed E-state index contributed by atoms with van der Waals surface area (Å²) in [6.07, 6.45) is 2.07. The minimum atomic E-state index is -1.05. The molecule has 3 rings (SSSR count). The Morgan fingerprint density at radius 3 is 2.79 bits per heavy atom. The zero-order chi connectivity index (χ0) is 17.1. The van der Waals surface area contributed by atoms with Crippen molar-refractivity contribution in [2.75, 3.05) is 26.0 Å². The molecular weight excluding hydrogens is 328 g/mol. The number of hydrogen-bond donors (Lipinski definition) is 1. The van der Waals surface area contributed by atoms with Crippen molar-refractivity contribution < 1.29 is 13.7 Å². The highest BCUT2D eigenvalue weighted by molar-refractivity contribution is 7.84. The van der Waals surface area contributed by atoms with Crippen LogP contribution in [-0.4, -0.2) is 56.1 Å². The summed E-state index contributed by atoms with van der Waals surface area (Å²) < 4.78 is 17.1. The summed E-state index contributed by atoms with van der Waals surface area (Å²) in [5.74, 6) is 1.32. The maximum atomic E-state index is 12.7. The van der Waals surface area contributed by atoms with Gasteiger partial charge in [-0.2, -0.15) is 5.10 Å². The molecular formula is C16H20N4O3S. The fourth-order valence-corrected chi connectivity index (χ4v) is 3.09. The van der Waals surface area contributed by atoms with Crippen molar-refractivity contribution in [3.8, 4) is 0 Å². The number of ether oxygens (including phenoxy) is 1. The Labute approximate surface area is 142 Å². The van der Waals surface area contributed by atoms with Crippen molar-refractivity contribution in [3.63, 3.8) is 0 Å². The van der Waals surface area contributed by atoms with Gasteiger partial charge >= 0.3 is 0 Å². The van der Waals surface area contributed by atoms with Crippen LogP contribution in [0.15, 0.2) is 29.2 Å². The van der Waals surface area contributed by atoms with Crippen LogP contribution in [0.1, 0.15) is 35.0 Å². The molecule has 0 aliphatic carbocycles. The Morgan fingerprint density at radius 1 is 1.42 bits per heavy atom. The van der Waals surface area contributed by atoms with Crippen LogP contribution in [0.5, 0.6) is 0 Å². The van der Waals surface area contributed by atoms with Crippen molar-refractivity contribution in [2.45, 2.75) is 24.3 Å². The fourth-order valence-electron chi connectivity index (χ4n) is 2.57. The van der Waals surface area contributed by atoms with Gasteiger partial charge in [-0.1, -0.05) is 6.92 Å². The number of carbonyl (C=O) groups is 1. The number of aromatic nitrogens is 3. The standard InChI is InChI=1S/C16H20N4O3S/c1-3-14-17-15(19-18-14)13-10-20(8-9-23-13)16(21)11-4-6-12(7-5-11)24(2)22/h4-7,13H,3,8-10H2,1-2H3,(H,17,18,19)/t13-,24+/m0/s1. The van der Waals surface area contributed by atoms with E-state index in [1.165, 1.54) is 0 Å². The van der Waals surface area contributed by atoms with Crippen molar-refractivity contribution in [2.24, 2.45) is 0 Å². The lowest BCUT2D eigenvalue weighted by Crippen LogP contribution is -2.42. The SMILES string of the molecule is CCc1nc([C@@H]2CN(C(=O)c3ccc([S@@](C)=O)cc3)CCO2)n[nH]1. The highest BCUT2D eigenvalue weighted by atomic mass is 32.2. The van der Waals surface area contributed by atoms with Gasteiger partial charge in [0, 0.05) is 40.5 Å². The molecule has 0 saturated carbocycles. The van der Waals surface area contributed by atoms with Gasteiger partial charge in [0.25, 0.3) is 5.91 Å². The largest absolute Gasteiger partial charge is 0.366 e. The third kappa shape index (κ3) is 3.54. The molecule has 0 spiro atoms. The van der Waals surface area contributed by atoms with Crippen LogP contribution in [-0.2, 0) is 22.0 Å². The van der Waals surface area contributed by atoms with Gasteiger partial charge in [0.1, 0.15) is 11.9 Å². The van der Waals surface area contributed by atoms with Gasteiger partial charge in [-0.05, 0) is 24.3 Å². The maximum Gasteiger partial charge on any atom is 0.254 e. The molecule has 1 fully saturated rings. The minimum Gasteiger partial charge on any atom is -0.366 e. The highest BCUT2D eigenvalue weighted by Crippen LogP contribution is 2.21. The first-order valence-electron chi connectivity index (χ1n) is 7.84. The van der Waals surface area contributed by atoms with E-state index in [0.717, 1.165) is 12.2 Å². The van der Waals surface area contributed by atoms with Gasteiger partial charge in [0.15, 0.2) is 5.82 Å². The van der Waals surface area contributed by atoms with E-state index in [2.05, 4.69) is 15.2 Å². The molecule has 1 aromatic carbocycles. The number of benzene rings is 1. The number of morpholine rings is 1. The number of carbonyl (C=O) groups excluding carboxylic acids is 1. The molecule has 128 valence electrons. The Morgan fingerprint density at radius 2 is 2.17 bits per heavy atom. The molecule has 1 N–H and O–H groups in total. The molecule has 0 bridgehead atoms. The number of amides is 1. The third-order valence-corrected chi connectivity index (χ3v) is 4.89. The molecule has 1 amide bonds. The van der Waals surface area contributed by atoms with Crippen LogP contribution < -0.4 is 0 Å². The molecule has 8 heteroatoms. The first-order valence-corrected chi connectivity index (χ1v) is 9.40. The lowest BCUT2D eigenvalue weighted by molar-refractivity contribution is -0.0266. The monoisotopic (exact) mass is 348 g/mol. The molecule has 2 atom stereocenters. The Kier molecular flexibility index (Phi) is 5.06. The second-order valence-electron chi connectivity index (χ2n) is 5.58. The average Bonchev–Trinajstić information content (AvgIpc) is 3.10. The quantitative estimate of drug-likeness (QED) is 0.900. The maximum absolute atomic E-state index is 12.7. The lowest BCUT2D eigenvalue weighted by atomic mass is 10.1. The molecule has 7 nitrogen and oxygen atoms in total. The lowest BCUT2D eigenvalue weighted by Gasteiger charge is -2.31. The van der Waals surface area contributed by atoms with Crippen LogP contribution in [0.4, 0.5) is 0 Å². The first kappa shape index (κ1) is 16.8. The number of aryl methyl sites for hydroxylation is 1. The van der Waals surface area contributed by atoms with Gasteiger partial charge in [0.05, 0.1) is 13.2 Å². The van der Waals surface area contributed by atoms with Crippen LogP contribution in [0, 0.1) is 0 Å². The van der Waals surface area contributed by atoms with E-state index in [-0.39, 0.29) is 12.0 Å². The summed E-state index contributed by atoms with van der Waals surface area (Å²) in [5, 5.41) is 7.05. The molecule has 2 aromatic rings. The van der Waals surface area contributed by atoms with E-state index >= 15 is 0 Å². The number of nitrogens with zero attached hydrogens (tertiary/aromatic N) is 3. The summed E-state index contributed by atoms with van der Waals surface area (Å²) in [4.78, 5) is 19.5. The van der Waals surface area contributed by atoms with Crippen molar-refractivity contribution >= 4 is 16.7 Å². The van der Waals surface area contributed by atoms with Crippen LogP contribution in [0.3, 0.4) is 0 Å². The van der Waals surface area contributed by atoms with Gasteiger partial charge in [-0.15, -0.1) is 0 Å². The predicted molar refractivity (Wildman–Crippen MR) is 89.1 cm³/mol. The van der Waals surface area contributed by atoms with E-state index in [9.17, 15) is 9.00 Å². The Bertz CT molecular complexity index is 744. The number of nitrogens with one attached hydrogen (secondary N) is 1.